The molecule has 1 aliphatic carbocycles. The summed E-state index contributed by atoms with van der Waals surface area (Å²) in [7, 11) is -2.68. The van der Waals surface area contributed by atoms with Crippen LogP contribution in [0.1, 0.15) is 37.8 Å². The highest BCUT2D eigenvalue weighted by molar-refractivity contribution is 7.19. The predicted octanol–water partition coefficient (Wildman–Crippen LogP) is 12.1. The summed E-state index contributed by atoms with van der Waals surface area (Å²) in [4.78, 5) is 0. The third kappa shape index (κ3) is 5.29. The van der Waals surface area contributed by atoms with Crippen molar-refractivity contribution in [2.75, 3.05) is 0 Å². The van der Waals surface area contributed by atoms with E-state index < -0.39 is 8.07 Å². The van der Waals surface area contributed by atoms with Crippen LogP contribution in [0.2, 0.25) is 0 Å². The maximum Gasteiger partial charge on any atom is 0.179 e. The summed E-state index contributed by atoms with van der Waals surface area (Å²) in [6, 6.07) is 80.2. The lowest BCUT2D eigenvalue weighted by Crippen LogP contribution is -2.74. The zero-order chi connectivity index (χ0) is 39.6. The smallest absolute Gasteiger partial charge is 0.179 e. The van der Waals surface area contributed by atoms with Crippen molar-refractivity contribution < 1.29 is 0 Å². The highest BCUT2D eigenvalue weighted by Gasteiger charge is 2.45. The summed E-state index contributed by atoms with van der Waals surface area (Å²) >= 11 is 0. The Morgan fingerprint density at radius 2 is 0.915 bits per heavy atom. The maximum absolute atomic E-state index is 2.68. The third-order valence-corrected chi connectivity index (χ3v) is 18.4. The van der Waals surface area contributed by atoms with Crippen LogP contribution in [0.5, 0.6) is 0 Å². The second-order valence-electron chi connectivity index (χ2n) is 16.3. The van der Waals surface area contributed by atoms with Gasteiger partial charge in [0.25, 0.3) is 0 Å². The van der Waals surface area contributed by atoms with Gasteiger partial charge in [-0.3, -0.25) is 0 Å². The van der Waals surface area contributed by atoms with Gasteiger partial charge in [0, 0.05) is 21.9 Å². The molecule has 0 bridgehead atoms. The lowest BCUT2D eigenvalue weighted by Gasteiger charge is -2.36. The summed E-state index contributed by atoms with van der Waals surface area (Å²) in [6.07, 6.45) is 2.07. The van der Waals surface area contributed by atoms with Gasteiger partial charge in [-0.2, -0.15) is 0 Å². The van der Waals surface area contributed by atoms with Crippen molar-refractivity contribution in [2.24, 2.45) is 0 Å². The van der Waals surface area contributed by atoms with Crippen molar-refractivity contribution in [1.82, 2.24) is 4.57 Å². The quantitative estimate of drug-likeness (QED) is 0.107. The summed E-state index contributed by atoms with van der Waals surface area (Å²) < 4.78 is 2.43. The molecule has 0 saturated heterocycles. The lowest BCUT2D eigenvalue weighted by atomic mass is 9.73. The first kappa shape index (κ1) is 35.4. The van der Waals surface area contributed by atoms with Gasteiger partial charge in [0.05, 0.1) is 11.0 Å². The second kappa shape index (κ2) is 14.0. The Bertz CT molecular complexity index is 3080. The van der Waals surface area contributed by atoms with Crippen LogP contribution in [-0.2, 0) is 5.41 Å². The number of nitrogens with zero attached hydrogens (tertiary/aromatic N) is 1. The highest BCUT2D eigenvalue weighted by Crippen LogP contribution is 2.53. The fourth-order valence-electron chi connectivity index (χ4n) is 10.7. The van der Waals surface area contributed by atoms with Crippen LogP contribution in [0.3, 0.4) is 0 Å². The van der Waals surface area contributed by atoms with Crippen molar-refractivity contribution in [2.45, 2.75) is 32.1 Å². The minimum atomic E-state index is -2.68. The largest absolute Gasteiger partial charge is 0.309 e. The van der Waals surface area contributed by atoms with Gasteiger partial charge >= 0.3 is 0 Å². The van der Waals surface area contributed by atoms with E-state index in [0.29, 0.717) is 0 Å². The van der Waals surface area contributed by atoms with Crippen LogP contribution < -0.4 is 20.7 Å². The minimum absolute atomic E-state index is 0.100. The molecule has 282 valence electrons. The van der Waals surface area contributed by atoms with Crippen molar-refractivity contribution in [3.05, 3.63) is 223 Å². The Morgan fingerprint density at radius 1 is 0.390 bits per heavy atom. The van der Waals surface area contributed by atoms with E-state index >= 15 is 0 Å². The van der Waals surface area contributed by atoms with Crippen LogP contribution in [0.25, 0.3) is 60.5 Å². The van der Waals surface area contributed by atoms with Crippen LogP contribution in [0, 0.1) is 0 Å². The average Bonchev–Trinajstić information content (AvgIpc) is 3.79. The summed E-state index contributed by atoms with van der Waals surface area (Å²) in [5.74, 6) is 0. The van der Waals surface area contributed by atoms with E-state index in [9.17, 15) is 0 Å². The summed E-state index contributed by atoms with van der Waals surface area (Å²) in [6.45, 7) is 4.79. The van der Waals surface area contributed by atoms with E-state index in [0.717, 1.165) is 12.8 Å². The first-order chi connectivity index (χ1) is 29.1. The molecule has 0 saturated carbocycles. The topological polar surface area (TPSA) is 4.93 Å². The fraction of sp³-hybridized carbons (Fsp3) is 0.0877. The molecule has 0 aliphatic heterocycles. The number of benzene rings is 9. The lowest BCUT2D eigenvalue weighted by molar-refractivity contribution is 0.491. The molecule has 9 aromatic carbocycles. The summed E-state index contributed by atoms with van der Waals surface area (Å²) in [5.41, 5.74) is 11.8. The van der Waals surface area contributed by atoms with E-state index in [1.54, 1.807) is 0 Å². The van der Waals surface area contributed by atoms with Crippen LogP contribution in [0.4, 0.5) is 0 Å². The fourth-order valence-corrected chi connectivity index (χ4v) is 15.5. The number of para-hydroxylation sites is 1. The molecule has 10 aromatic rings. The molecule has 0 radical (unpaired) electrons. The van der Waals surface area contributed by atoms with Gasteiger partial charge in [-0.15, -0.1) is 0 Å². The molecule has 1 aliphatic rings. The number of hydrogen-bond donors (Lipinski definition) is 0. The van der Waals surface area contributed by atoms with E-state index in [4.69, 9.17) is 0 Å². The Labute approximate surface area is 347 Å². The number of fused-ring (bicyclic) bond motifs is 7. The zero-order valence-corrected chi connectivity index (χ0v) is 34.6. The number of hydrogen-bond acceptors (Lipinski definition) is 0. The molecule has 2 heteroatoms. The van der Waals surface area contributed by atoms with E-state index in [-0.39, 0.29) is 5.41 Å². The van der Waals surface area contributed by atoms with Gasteiger partial charge in [0.15, 0.2) is 8.07 Å². The Balaban J connectivity index is 1.07. The second-order valence-corrected chi connectivity index (χ2v) is 20.1. The van der Waals surface area contributed by atoms with Gasteiger partial charge in [0.1, 0.15) is 0 Å². The predicted molar refractivity (Wildman–Crippen MR) is 254 cm³/mol. The molecule has 0 unspecified atom stereocenters. The Kier molecular flexibility index (Phi) is 8.39. The molecule has 1 nitrogen and oxygen atoms in total. The third-order valence-electron chi connectivity index (χ3n) is 13.6. The normalized spacial score (nSPS) is 13.2. The molecule has 0 N–H and O–H groups in total. The van der Waals surface area contributed by atoms with Crippen LogP contribution in [-0.4, -0.2) is 12.6 Å². The molecule has 0 fully saturated rings. The van der Waals surface area contributed by atoms with Gasteiger partial charge in [0.2, 0.25) is 0 Å². The van der Waals surface area contributed by atoms with E-state index in [1.807, 2.05) is 0 Å². The Hall–Kier alpha value is -6.74. The highest BCUT2D eigenvalue weighted by atomic mass is 28.3. The van der Waals surface area contributed by atoms with Crippen molar-refractivity contribution in [1.29, 1.82) is 0 Å². The molecule has 0 amide bonds. The van der Waals surface area contributed by atoms with Gasteiger partial charge in [-0.25, -0.2) is 0 Å². The molecular formula is C57H45NSi. The van der Waals surface area contributed by atoms with Gasteiger partial charge in [-0.1, -0.05) is 190 Å². The maximum atomic E-state index is 2.63. The molecule has 0 atom stereocenters. The SMILES string of the molecule is CCC1(CC)c2cc(-c3ccc4c(c3)c3ccccc3n4-c3ccc4ccccc4c3)ccc2-c2ccc([Si](c3ccccc3)(c3ccccc3)c3ccccc3)cc21. The monoisotopic (exact) mass is 771 g/mol. The molecule has 1 aromatic heterocycles. The first-order valence-electron chi connectivity index (χ1n) is 21.1. The summed E-state index contributed by atoms with van der Waals surface area (Å²) in [5, 5.41) is 10.7. The van der Waals surface area contributed by atoms with Crippen LogP contribution >= 0.6 is 0 Å². The van der Waals surface area contributed by atoms with Gasteiger partial charge < -0.3 is 4.57 Å². The average molecular weight is 772 g/mol. The van der Waals surface area contributed by atoms with Crippen molar-refractivity contribution >= 4 is 61.4 Å². The number of aromatic nitrogens is 1. The van der Waals surface area contributed by atoms with Crippen LogP contribution in [0.15, 0.2) is 212 Å². The Morgan fingerprint density at radius 3 is 1.58 bits per heavy atom. The first-order valence-corrected chi connectivity index (χ1v) is 23.1. The molecular weight excluding hydrogens is 727 g/mol. The molecule has 1 heterocycles. The molecule has 0 spiro atoms. The van der Waals surface area contributed by atoms with E-state index in [1.165, 1.54) is 92.4 Å². The molecule has 11 rings (SSSR count). The molecule has 59 heavy (non-hydrogen) atoms. The minimum Gasteiger partial charge on any atom is -0.309 e. The van der Waals surface area contributed by atoms with Gasteiger partial charge in [-0.05, 0) is 114 Å². The number of rotatable bonds is 8. The standard InChI is InChI=1S/C57H45NSi/c1-3-57(4-2)53-38-43(42-30-35-56-52(37-42)51-26-16-17-27-55(51)58(56)44-31-28-40-18-14-15-19-41(40)36-44)29-33-49(53)50-34-32-48(39-54(50)57)59(45-20-8-5-9-21-45,46-22-10-6-11-23-46)47-24-12-7-13-25-47/h5-39H,3-4H2,1-2H3. The van der Waals surface area contributed by atoms with Crippen molar-refractivity contribution in [3.8, 4) is 27.9 Å². The zero-order valence-electron chi connectivity index (χ0n) is 33.6. The van der Waals surface area contributed by atoms with Crippen molar-refractivity contribution in [3.63, 3.8) is 0 Å². The van der Waals surface area contributed by atoms with E-state index in [2.05, 4.69) is 231 Å².